The fraction of sp³-hybridized carbons (Fsp3) is 0.267. The number of aryl methyl sites for hydroxylation is 1. The van der Waals surface area contributed by atoms with Gasteiger partial charge in [0.1, 0.15) is 4.88 Å². The second-order valence-corrected chi connectivity index (χ2v) is 6.28. The van der Waals surface area contributed by atoms with Crippen molar-refractivity contribution in [1.82, 2.24) is 5.32 Å². The lowest BCUT2D eigenvalue weighted by Crippen LogP contribution is -2.18. The molecule has 0 amide bonds. The van der Waals surface area contributed by atoms with E-state index < -0.39 is 5.97 Å². The smallest absolute Gasteiger partial charge is 0.345 e. The van der Waals surface area contributed by atoms with Crippen LogP contribution in [0.4, 0.5) is 0 Å². The van der Waals surface area contributed by atoms with Gasteiger partial charge in [0.25, 0.3) is 0 Å². The van der Waals surface area contributed by atoms with Crippen molar-refractivity contribution in [3.8, 4) is 0 Å². The largest absolute Gasteiger partial charge is 0.477 e. The Kier molecular flexibility index (Phi) is 4.81. The Morgan fingerprint density at radius 2 is 2.15 bits per heavy atom. The normalized spacial score (nSPS) is 12.3. The molecule has 0 radical (unpaired) electrons. The Labute approximate surface area is 127 Å². The van der Waals surface area contributed by atoms with Crippen molar-refractivity contribution in [2.45, 2.75) is 26.4 Å². The van der Waals surface area contributed by atoms with Gasteiger partial charge < -0.3 is 10.4 Å². The molecule has 5 heteroatoms. The molecule has 0 aliphatic heterocycles. The third-order valence-corrected chi connectivity index (χ3v) is 4.63. The van der Waals surface area contributed by atoms with Gasteiger partial charge in [0.15, 0.2) is 0 Å². The number of carboxylic acid groups (broad SMARTS) is 1. The van der Waals surface area contributed by atoms with E-state index in [2.05, 4.69) is 5.32 Å². The van der Waals surface area contributed by atoms with E-state index in [4.69, 9.17) is 16.7 Å². The molecule has 0 spiro atoms. The summed E-state index contributed by atoms with van der Waals surface area (Å²) in [7, 11) is 0. The molecule has 0 saturated heterocycles. The van der Waals surface area contributed by atoms with Gasteiger partial charge in [0.05, 0.1) is 0 Å². The molecule has 1 aromatic heterocycles. The second-order valence-electron chi connectivity index (χ2n) is 4.62. The van der Waals surface area contributed by atoms with Crippen molar-refractivity contribution >= 4 is 28.9 Å². The van der Waals surface area contributed by atoms with Gasteiger partial charge in [-0.1, -0.05) is 29.8 Å². The second kappa shape index (κ2) is 6.39. The summed E-state index contributed by atoms with van der Waals surface area (Å²) in [6.45, 7) is 4.61. The molecule has 20 heavy (non-hydrogen) atoms. The molecule has 0 aliphatic rings. The van der Waals surface area contributed by atoms with Crippen molar-refractivity contribution in [2.24, 2.45) is 0 Å². The number of carbonyl (C=O) groups is 1. The van der Waals surface area contributed by atoms with E-state index in [1.807, 2.05) is 38.1 Å². The Bertz CT molecular complexity index is 624. The van der Waals surface area contributed by atoms with E-state index in [1.165, 1.54) is 11.3 Å². The number of aromatic carboxylic acids is 1. The van der Waals surface area contributed by atoms with Crippen molar-refractivity contribution in [3.63, 3.8) is 0 Å². The molecule has 0 fully saturated rings. The van der Waals surface area contributed by atoms with Crippen molar-refractivity contribution < 1.29 is 9.90 Å². The van der Waals surface area contributed by atoms with Crippen LogP contribution in [0, 0.1) is 6.92 Å². The van der Waals surface area contributed by atoms with Crippen LogP contribution in [0.5, 0.6) is 0 Å². The number of nitrogens with one attached hydrogen (secondary N) is 1. The minimum Gasteiger partial charge on any atom is -0.477 e. The number of carboxylic acids is 1. The Hall–Kier alpha value is -1.36. The lowest BCUT2D eigenvalue weighted by atomic mass is 10.1. The fourth-order valence-electron chi connectivity index (χ4n) is 2.00. The molecular formula is C15H16ClNO2S. The van der Waals surface area contributed by atoms with Crippen LogP contribution in [0.25, 0.3) is 0 Å². The Morgan fingerprint density at radius 3 is 2.75 bits per heavy atom. The molecule has 2 rings (SSSR count). The van der Waals surface area contributed by atoms with Crippen LogP contribution in [0.15, 0.2) is 30.3 Å². The number of hydrogen-bond donors (Lipinski definition) is 2. The van der Waals surface area contributed by atoms with Crippen molar-refractivity contribution in [3.05, 3.63) is 56.2 Å². The molecule has 0 bridgehead atoms. The zero-order valence-electron chi connectivity index (χ0n) is 11.3. The summed E-state index contributed by atoms with van der Waals surface area (Å²) < 4.78 is 0. The zero-order chi connectivity index (χ0) is 14.7. The van der Waals surface area contributed by atoms with Gasteiger partial charge in [0.2, 0.25) is 0 Å². The highest BCUT2D eigenvalue weighted by atomic mass is 35.5. The molecule has 3 nitrogen and oxygen atoms in total. The van der Waals surface area contributed by atoms with E-state index in [0.717, 1.165) is 21.0 Å². The van der Waals surface area contributed by atoms with Gasteiger partial charge in [-0.3, -0.25) is 0 Å². The lowest BCUT2D eigenvalue weighted by Gasteiger charge is -2.15. The molecule has 1 aromatic carbocycles. The van der Waals surface area contributed by atoms with Gasteiger partial charge in [-0.25, -0.2) is 4.79 Å². The summed E-state index contributed by atoms with van der Waals surface area (Å²) in [5.74, 6) is -0.872. The van der Waals surface area contributed by atoms with Crippen LogP contribution in [0.3, 0.4) is 0 Å². The number of rotatable bonds is 5. The van der Waals surface area contributed by atoms with Crippen molar-refractivity contribution in [1.29, 1.82) is 0 Å². The maximum Gasteiger partial charge on any atom is 0.345 e. The highest BCUT2D eigenvalue weighted by Gasteiger charge is 2.13. The number of halogens is 1. The standard InChI is InChI=1S/C15H16ClNO2S/c1-9(12-5-3-4-6-13(12)16)17-8-11-7-14(15(18)19)20-10(11)2/h3-7,9,17H,8H2,1-2H3,(H,18,19)/t9-/m1/s1. The van der Waals surface area contributed by atoms with E-state index in [1.54, 1.807) is 6.07 Å². The Balaban J connectivity index is 2.05. The highest BCUT2D eigenvalue weighted by molar-refractivity contribution is 7.14. The maximum atomic E-state index is 10.9. The average molecular weight is 310 g/mol. The van der Waals surface area contributed by atoms with Gasteiger partial charge in [-0.05, 0) is 37.1 Å². The molecule has 0 unspecified atom stereocenters. The molecule has 2 N–H and O–H groups in total. The summed E-state index contributed by atoms with van der Waals surface area (Å²) in [4.78, 5) is 12.4. The molecule has 0 aliphatic carbocycles. The molecule has 0 saturated carbocycles. The number of thiophene rings is 1. The van der Waals surface area contributed by atoms with E-state index in [-0.39, 0.29) is 6.04 Å². The fourth-order valence-corrected chi connectivity index (χ4v) is 3.18. The van der Waals surface area contributed by atoms with Crippen LogP contribution in [0.2, 0.25) is 5.02 Å². The first-order valence-corrected chi connectivity index (χ1v) is 7.49. The lowest BCUT2D eigenvalue weighted by molar-refractivity contribution is 0.0702. The first-order valence-electron chi connectivity index (χ1n) is 6.29. The topological polar surface area (TPSA) is 49.3 Å². The third-order valence-electron chi connectivity index (χ3n) is 3.20. The summed E-state index contributed by atoms with van der Waals surface area (Å²) in [6.07, 6.45) is 0. The monoisotopic (exact) mass is 309 g/mol. The van der Waals surface area contributed by atoms with Crippen LogP contribution in [-0.2, 0) is 6.54 Å². The highest BCUT2D eigenvalue weighted by Crippen LogP contribution is 2.25. The summed E-state index contributed by atoms with van der Waals surface area (Å²) >= 11 is 7.47. The van der Waals surface area contributed by atoms with Gasteiger partial charge >= 0.3 is 5.97 Å². The van der Waals surface area contributed by atoms with Crippen LogP contribution in [0.1, 0.15) is 38.6 Å². The first-order chi connectivity index (χ1) is 9.49. The minimum absolute atomic E-state index is 0.108. The molecule has 1 heterocycles. The SMILES string of the molecule is Cc1sc(C(=O)O)cc1CN[C@H](C)c1ccccc1Cl. The average Bonchev–Trinajstić information content (AvgIpc) is 2.78. The number of benzene rings is 1. The predicted octanol–water partition coefficient (Wildman–Crippen LogP) is 4.26. The van der Waals surface area contributed by atoms with E-state index >= 15 is 0 Å². The number of hydrogen-bond acceptors (Lipinski definition) is 3. The van der Waals surface area contributed by atoms with E-state index in [9.17, 15) is 4.79 Å². The van der Waals surface area contributed by atoms with Gasteiger partial charge in [-0.15, -0.1) is 11.3 Å². The summed E-state index contributed by atoms with van der Waals surface area (Å²) in [5.41, 5.74) is 2.06. The maximum absolute atomic E-state index is 10.9. The summed E-state index contributed by atoms with van der Waals surface area (Å²) in [6, 6.07) is 9.56. The first kappa shape index (κ1) is 15.0. The van der Waals surface area contributed by atoms with Crippen LogP contribution >= 0.6 is 22.9 Å². The quantitative estimate of drug-likeness (QED) is 0.867. The summed E-state index contributed by atoms with van der Waals surface area (Å²) in [5, 5.41) is 13.1. The zero-order valence-corrected chi connectivity index (χ0v) is 12.9. The van der Waals surface area contributed by atoms with Gasteiger partial charge in [0, 0.05) is 22.5 Å². The molecular weight excluding hydrogens is 294 g/mol. The minimum atomic E-state index is -0.872. The van der Waals surface area contributed by atoms with E-state index in [0.29, 0.717) is 11.4 Å². The van der Waals surface area contributed by atoms with Gasteiger partial charge in [-0.2, -0.15) is 0 Å². The molecule has 2 aromatic rings. The van der Waals surface area contributed by atoms with Crippen molar-refractivity contribution in [2.75, 3.05) is 0 Å². The van der Waals surface area contributed by atoms with Crippen LogP contribution < -0.4 is 5.32 Å². The molecule has 106 valence electrons. The molecule has 1 atom stereocenters. The Morgan fingerprint density at radius 1 is 1.45 bits per heavy atom. The predicted molar refractivity (Wildman–Crippen MR) is 82.7 cm³/mol. The third kappa shape index (κ3) is 3.39. The van der Waals surface area contributed by atoms with Crippen LogP contribution in [-0.4, -0.2) is 11.1 Å².